The third-order valence-electron chi connectivity index (χ3n) is 3.70. The summed E-state index contributed by atoms with van der Waals surface area (Å²) in [5, 5.41) is 3.51. The first-order valence-electron chi connectivity index (χ1n) is 6.80. The van der Waals surface area contributed by atoms with E-state index in [9.17, 15) is 0 Å². The Bertz CT molecular complexity index is 393. The summed E-state index contributed by atoms with van der Waals surface area (Å²) in [5.41, 5.74) is 2.57. The molecule has 0 spiro atoms. The minimum absolute atomic E-state index is 0.531. The number of hydrazine groups is 1. The fraction of sp³-hybridized carbons (Fsp3) is 0.692. The van der Waals surface area contributed by atoms with Crippen molar-refractivity contribution in [3.63, 3.8) is 0 Å². The molecule has 2 atom stereocenters. The summed E-state index contributed by atoms with van der Waals surface area (Å²) >= 11 is 0. The molecule has 0 bridgehead atoms. The van der Waals surface area contributed by atoms with E-state index in [1.54, 1.807) is 0 Å². The Balaban J connectivity index is 2.02. The summed E-state index contributed by atoms with van der Waals surface area (Å²) in [6.07, 6.45) is 6.42. The van der Waals surface area contributed by atoms with E-state index in [1.807, 2.05) is 13.0 Å². The minimum atomic E-state index is 0.531. The number of nitrogens with two attached hydrogens (primary N) is 1. The van der Waals surface area contributed by atoms with Crippen LogP contribution in [0.4, 0.5) is 11.6 Å². The van der Waals surface area contributed by atoms with Gasteiger partial charge in [0.05, 0.1) is 0 Å². The second-order valence-electron chi connectivity index (χ2n) is 5.11. The molecule has 1 fully saturated rings. The van der Waals surface area contributed by atoms with E-state index >= 15 is 0 Å². The van der Waals surface area contributed by atoms with Crippen LogP contribution in [-0.4, -0.2) is 16.0 Å². The molecule has 1 saturated carbocycles. The lowest BCUT2D eigenvalue weighted by Crippen LogP contribution is -2.27. The molecule has 1 heterocycles. The summed E-state index contributed by atoms with van der Waals surface area (Å²) in [4.78, 5) is 8.60. The van der Waals surface area contributed by atoms with Gasteiger partial charge in [0.15, 0.2) is 0 Å². The van der Waals surface area contributed by atoms with Crippen LogP contribution in [0.25, 0.3) is 0 Å². The highest BCUT2D eigenvalue weighted by molar-refractivity contribution is 5.47. The van der Waals surface area contributed by atoms with E-state index in [0.717, 1.165) is 17.6 Å². The molecule has 0 aliphatic heterocycles. The average Bonchev–Trinajstić information content (AvgIpc) is 2.38. The lowest BCUT2D eigenvalue weighted by molar-refractivity contribution is 0.327. The molecule has 1 aromatic rings. The maximum absolute atomic E-state index is 5.40. The lowest BCUT2D eigenvalue weighted by Gasteiger charge is -2.29. The van der Waals surface area contributed by atoms with Gasteiger partial charge in [-0.05, 0) is 25.7 Å². The third kappa shape index (κ3) is 3.32. The van der Waals surface area contributed by atoms with Crippen molar-refractivity contribution < 1.29 is 0 Å². The molecule has 100 valence electrons. The Hall–Kier alpha value is -1.36. The van der Waals surface area contributed by atoms with E-state index in [0.29, 0.717) is 11.9 Å². The third-order valence-corrected chi connectivity index (χ3v) is 3.70. The number of aryl methyl sites for hydroxylation is 1. The summed E-state index contributed by atoms with van der Waals surface area (Å²) in [6, 6.07) is 2.39. The van der Waals surface area contributed by atoms with Crippen molar-refractivity contribution in [2.24, 2.45) is 11.8 Å². The van der Waals surface area contributed by atoms with Crippen molar-refractivity contribution in [1.29, 1.82) is 0 Å². The van der Waals surface area contributed by atoms with Crippen LogP contribution in [-0.2, 0) is 0 Å². The Labute approximate surface area is 109 Å². The van der Waals surface area contributed by atoms with Crippen LogP contribution in [0.5, 0.6) is 0 Å². The van der Waals surface area contributed by atoms with Gasteiger partial charge in [-0.15, -0.1) is 0 Å². The number of anilines is 2. The maximum atomic E-state index is 5.40. The van der Waals surface area contributed by atoms with Crippen molar-refractivity contribution in [2.75, 3.05) is 10.7 Å². The predicted octanol–water partition coefficient (Wildman–Crippen LogP) is 2.45. The highest BCUT2D eigenvalue weighted by Crippen LogP contribution is 2.28. The summed E-state index contributed by atoms with van der Waals surface area (Å²) < 4.78 is 0. The van der Waals surface area contributed by atoms with Gasteiger partial charge in [-0.3, -0.25) is 0 Å². The molecule has 2 unspecified atom stereocenters. The van der Waals surface area contributed by atoms with Gasteiger partial charge in [-0.1, -0.05) is 26.2 Å². The first kappa shape index (κ1) is 13.1. The van der Waals surface area contributed by atoms with Gasteiger partial charge in [-0.25, -0.2) is 15.8 Å². The van der Waals surface area contributed by atoms with Gasteiger partial charge in [0.1, 0.15) is 17.5 Å². The van der Waals surface area contributed by atoms with Crippen molar-refractivity contribution >= 4 is 11.6 Å². The van der Waals surface area contributed by atoms with Gasteiger partial charge in [0.25, 0.3) is 0 Å². The average molecular weight is 249 g/mol. The molecule has 2 rings (SSSR count). The number of hydrogen-bond acceptors (Lipinski definition) is 5. The van der Waals surface area contributed by atoms with Crippen molar-refractivity contribution in [2.45, 2.75) is 52.0 Å². The highest BCUT2D eigenvalue weighted by atomic mass is 15.3. The monoisotopic (exact) mass is 249 g/mol. The zero-order chi connectivity index (χ0) is 13.0. The molecule has 5 nitrogen and oxygen atoms in total. The molecule has 4 N–H and O–H groups in total. The van der Waals surface area contributed by atoms with Gasteiger partial charge >= 0.3 is 0 Å². The number of rotatable bonds is 4. The Morgan fingerprint density at radius 1 is 1.33 bits per heavy atom. The van der Waals surface area contributed by atoms with Crippen LogP contribution in [0.15, 0.2) is 6.07 Å². The molecule has 1 aliphatic carbocycles. The van der Waals surface area contributed by atoms with Gasteiger partial charge in [0.2, 0.25) is 0 Å². The van der Waals surface area contributed by atoms with E-state index in [2.05, 4.69) is 27.6 Å². The number of nitrogens with one attached hydrogen (secondary N) is 2. The summed E-state index contributed by atoms with van der Waals surface area (Å²) in [6.45, 7) is 4.15. The highest BCUT2D eigenvalue weighted by Gasteiger charge is 2.20. The van der Waals surface area contributed by atoms with Crippen molar-refractivity contribution in [3.8, 4) is 0 Å². The zero-order valence-electron chi connectivity index (χ0n) is 11.2. The molecule has 0 radical (unpaired) electrons. The lowest BCUT2D eigenvalue weighted by atomic mass is 9.84. The quantitative estimate of drug-likeness (QED) is 0.564. The van der Waals surface area contributed by atoms with Crippen molar-refractivity contribution in [3.05, 3.63) is 11.9 Å². The molecule has 0 amide bonds. The predicted molar refractivity (Wildman–Crippen MR) is 74.2 cm³/mol. The smallest absolute Gasteiger partial charge is 0.145 e. The van der Waals surface area contributed by atoms with Crippen molar-refractivity contribution in [1.82, 2.24) is 9.97 Å². The number of aromatic nitrogens is 2. The largest absolute Gasteiger partial charge is 0.367 e. The van der Waals surface area contributed by atoms with Crippen LogP contribution in [0.1, 0.15) is 44.9 Å². The fourth-order valence-corrected chi connectivity index (χ4v) is 2.72. The number of nitrogen functional groups attached to an aromatic ring is 1. The van der Waals surface area contributed by atoms with E-state index in [-0.39, 0.29) is 0 Å². The topological polar surface area (TPSA) is 75.9 Å². The molecule has 1 aliphatic rings. The minimum Gasteiger partial charge on any atom is -0.367 e. The molecule has 5 heteroatoms. The Morgan fingerprint density at radius 2 is 2.11 bits per heavy atom. The Kier molecular flexibility index (Phi) is 4.36. The molecule has 18 heavy (non-hydrogen) atoms. The Morgan fingerprint density at radius 3 is 2.83 bits per heavy atom. The van der Waals surface area contributed by atoms with E-state index < -0.39 is 0 Å². The SMILES string of the molecule is CCC1CCCC(Nc2cc(NN)nc(C)n2)C1. The summed E-state index contributed by atoms with van der Waals surface area (Å²) in [5.74, 6) is 8.51. The second-order valence-corrected chi connectivity index (χ2v) is 5.11. The van der Waals surface area contributed by atoms with Gasteiger partial charge < -0.3 is 10.7 Å². The zero-order valence-corrected chi connectivity index (χ0v) is 11.2. The second kappa shape index (κ2) is 6.00. The maximum Gasteiger partial charge on any atom is 0.145 e. The molecular formula is C13H23N5. The number of hydrogen-bond donors (Lipinski definition) is 3. The van der Waals surface area contributed by atoms with Crippen LogP contribution in [0.2, 0.25) is 0 Å². The molecule has 0 saturated heterocycles. The van der Waals surface area contributed by atoms with Gasteiger partial charge in [-0.2, -0.15) is 0 Å². The summed E-state index contributed by atoms with van der Waals surface area (Å²) in [7, 11) is 0. The fourth-order valence-electron chi connectivity index (χ4n) is 2.72. The first-order valence-corrected chi connectivity index (χ1v) is 6.80. The van der Waals surface area contributed by atoms with Gasteiger partial charge in [0, 0.05) is 12.1 Å². The van der Waals surface area contributed by atoms with Crippen LogP contribution >= 0.6 is 0 Å². The van der Waals surface area contributed by atoms with Crippen LogP contribution in [0.3, 0.4) is 0 Å². The van der Waals surface area contributed by atoms with E-state index in [4.69, 9.17) is 5.84 Å². The molecular weight excluding hydrogens is 226 g/mol. The molecule has 1 aromatic heterocycles. The van der Waals surface area contributed by atoms with Crippen LogP contribution < -0.4 is 16.6 Å². The van der Waals surface area contributed by atoms with Crippen LogP contribution in [0, 0.1) is 12.8 Å². The normalized spacial score (nSPS) is 23.7. The standard InChI is InChI=1S/C13H23N5/c1-3-10-5-4-6-11(7-10)17-12-8-13(18-14)16-9(2)15-12/h8,10-11H,3-7,14H2,1-2H3,(H2,15,16,17,18). The first-order chi connectivity index (χ1) is 8.71. The van der Waals surface area contributed by atoms with E-state index in [1.165, 1.54) is 32.1 Å². The molecule has 0 aromatic carbocycles. The number of nitrogens with zero attached hydrogens (tertiary/aromatic N) is 2.